The molecule has 0 radical (unpaired) electrons. The molecule has 1 aromatic heterocycles. The Balaban J connectivity index is 1.94. The van der Waals surface area contributed by atoms with Gasteiger partial charge >= 0.3 is 6.55 Å². The first-order valence-electron chi connectivity index (χ1n) is 8.16. The summed E-state index contributed by atoms with van der Waals surface area (Å²) in [4.78, 5) is 18.2. The molecule has 0 atom stereocenters. The zero-order chi connectivity index (χ0) is 19.4. The third-order valence-electron chi connectivity index (χ3n) is 4.18. The number of nitriles is 1. The highest BCUT2D eigenvalue weighted by Gasteiger charge is 2.20. The molecule has 0 saturated carbocycles. The maximum atomic E-state index is 13.0. The third kappa shape index (κ3) is 3.70. The molecule has 1 heterocycles. The van der Waals surface area contributed by atoms with E-state index in [2.05, 4.69) is 11.1 Å². The van der Waals surface area contributed by atoms with Crippen LogP contribution < -0.4 is 0 Å². The molecule has 1 amide bonds. The topological polar surface area (TPSA) is 61.9 Å². The van der Waals surface area contributed by atoms with Crippen LogP contribution in [0.15, 0.2) is 60.9 Å². The molecular weight excluding hydrogens is 350 g/mol. The average Bonchev–Trinajstić information content (AvgIpc) is 3.15. The van der Waals surface area contributed by atoms with Crippen LogP contribution in [-0.2, 0) is 6.54 Å². The SMILES string of the molecule is CN(Cc1nccn1C(F)F)C(=O)c1ccccc1-c1ccccc1C#N. The lowest BCUT2D eigenvalue weighted by Crippen LogP contribution is -2.28. The summed E-state index contributed by atoms with van der Waals surface area (Å²) >= 11 is 0. The van der Waals surface area contributed by atoms with Gasteiger partial charge in [-0.2, -0.15) is 14.0 Å². The molecule has 0 bridgehead atoms. The summed E-state index contributed by atoms with van der Waals surface area (Å²) in [5.41, 5.74) is 2.10. The van der Waals surface area contributed by atoms with Gasteiger partial charge in [0.2, 0.25) is 0 Å². The number of imidazole rings is 1. The van der Waals surface area contributed by atoms with E-state index >= 15 is 0 Å². The van der Waals surface area contributed by atoms with Gasteiger partial charge in [-0.05, 0) is 17.7 Å². The van der Waals surface area contributed by atoms with E-state index in [0.29, 0.717) is 22.3 Å². The highest BCUT2D eigenvalue weighted by Crippen LogP contribution is 2.28. The third-order valence-corrected chi connectivity index (χ3v) is 4.18. The van der Waals surface area contributed by atoms with Gasteiger partial charge in [0.05, 0.1) is 18.2 Å². The van der Waals surface area contributed by atoms with Crippen molar-refractivity contribution in [1.29, 1.82) is 5.26 Å². The number of rotatable bonds is 5. The number of halogens is 2. The number of hydrogen-bond acceptors (Lipinski definition) is 3. The maximum absolute atomic E-state index is 13.0. The summed E-state index contributed by atoms with van der Waals surface area (Å²) < 4.78 is 26.7. The Labute approximate surface area is 155 Å². The minimum atomic E-state index is -2.72. The summed E-state index contributed by atoms with van der Waals surface area (Å²) in [5, 5.41) is 9.34. The molecule has 0 saturated heterocycles. The second-order valence-corrected chi connectivity index (χ2v) is 5.89. The fourth-order valence-corrected chi connectivity index (χ4v) is 2.85. The number of amides is 1. The predicted octanol–water partition coefficient (Wildman–Crippen LogP) is 4.09. The van der Waals surface area contributed by atoms with E-state index < -0.39 is 6.55 Å². The van der Waals surface area contributed by atoms with E-state index in [1.54, 1.807) is 48.5 Å². The molecule has 5 nitrogen and oxygen atoms in total. The van der Waals surface area contributed by atoms with Crippen molar-refractivity contribution < 1.29 is 13.6 Å². The highest BCUT2D eigenvalue weighted by molar-refractivity contribution is 6.01. The minimum Gasteiger partial charge on any atom is -0.334 e. The summed E-state index contributed by atoms with van der Waals surface area (Å²) in [5.74, 6) is -0.252. The van der Waals surface area contributed by atoms with E-state index in [0.717, 1.165) is 4.57 Å². The first kappa shape index (κ1) is 18.3. The van der Waals surface area contributed by atoms with Crippen LogP contribution in [0.5, 0.6) is 0 Å². The summed E-state index contributed by atoms with van der Waals surface area (Å²) in [7, 11) is 1.53. The zero-order valence-electron chi connectivity index (χ0n) is 14.5. The Morgan fingerprint density at radius 2 is 1.85 bits per heavy atom. The molecule has 27 heavy (non-hydrogen) atoms. The Hall–Kier alpha value is -3.53. The van der Waals surface area contributed by atoms with Crippen LogP contribution in [0.1, 0.15) is 28.3 Å². The van der Waals surface area contributed by atoms with Gasteiger partial charge in [-0.3, -0.25) is 9.36 Å². The standard InChI is InChI=1S/C20H16F2N4O/c1-25(13-18-24-10-11-26(18)20(21)22)19(27)17-9-5-4-8-16(17)15-7-3-2-6-14(15)12-23/h2-11,20H,13H2,1H3. The Kier molecular flexibility index (Phi) is 5.27. The molecule has 3 aromatic rings. The van der Waals surface area contributed by atoms with Gasteiger partial charge in [0.15, 0.2) is 0 Å². The molecule has 136 valence electrons. The molecule has 2 aromatic carbocycles. The number of aromatic nitrogens is 2. The largest absolute Gasteiger partial charge is 0.334 e. The molecule has 0 unspecified atom stereocenters. The molecule has 0 spiro atoms. The van der Waals surface area contributed by atoms with Gasteiger partial charge in [0.25, 0.3) is 5.91 Å². The van der Waals surface area contributed by atoms with E-state index in [9.17, 15) is 18.8 Å². The van der Waals surface area contributed by atoms with E-state index in [4.69, 9.17) is 0 Å². The highest BCUT2D eigenvalue weighted by atomic mass is 19.3. The van der Waals surface area contributed by atoms with Gasteiger partial charge in [-0.15, -0.1) is 0 Å². The van der Waals surface area contributed by atoms with E-state index in [1.807, 2.05) is 0 Å². The summed E-state index contributed by atoms with van der Waals surface area (Å²) in [6.45, 7) is -2.79. The molecule has 0 aliphatic carbocycles. The number of nitrogens with zero attached hydrogens (tertiary/aromatic N) is 4. The van der Waals surface area contributed by atoms with Gasteiger partial charge in [-0.25, -0.2) is 4.98 Å². The minimum absolute atomic E-state index is 0.0651. The van der Waals surface area contributed by atoms with Crippen LogP contribution in [0.3, 0.4) is 0 Å². The Bertz CT molecular complexity index is 1010. The second kappa shape index (κ2) is 7.79. The van der Waals surface area contributed by atoms with Crippen molar-refractivity contribution in [3.63, 3.8) is 0 Å². The van der Waals surface area contributed by atoms with Crippen LogP contribution >= 0.6 is 0 Å². The van der Waals surface area contributed by atoms with Crippen LogP contribution in [0.2, 0.25) is 0 Å². The fourth-order valence-electron chi connectivity index (χ4n) is 2.85. The molecule has 0 aliphatic rings. The Morgan fingerprint density at radius 1 is 1.19 bits per heavy atom. The molecule has 0 fully saturated rings. The summed E-state index contributed by atoms with van der Waals surface area (Å²) in [6.07, 6.45) is 2.45. The average molecular weight is 366 g/mol. The number of benzene rings is 2. The first-order valence-corrected chi connectivity index (χ1v) is 8.16. The van der Waals surface area contributed by atoms with Gasteiger partial charge < -0.3 is 4.90 Å². The van der Waals surface area contributed by atoms with Crippen LogP contribution in [0, 0.1) is 11.3 Å². The Morgan fingerprint density at radius 3 is 2.56 bits per heavy atom. The van der Waals surface area contributed by atoms with E-state index in [-0.39, 0.29) is 18.3 Å². The van der Waals surface area contributed by atoms with Gasteiger partial charge in [0, 0.05) is 30.6 Å². The van der Waals surface area contributed by atoms with E-state index in [1.165, 1.54) is 24.3 Å². The summed E-state index contributed by atoms with van der Waals surface area (Å²) in [6, 6.07) is 16.0. The lowest BCUT2D eigenvalue weighted by atomic mass is 9.95. The molecule has 3 rings (SSSR count). The number of carbonyl (C=O) groups excluding carboxylic acids is 1. The van der Waals surface area contributed by atoms with Crippen molar-refractivity contribution >= 4 is 5.91 Å². The van der Waals surface area contributed by atoms with Crippen LogP contribution in [0.4, 0.5) is 8.78 Å². The van der Waals surface area contributed by atoms with Crippen LogP contribution in [0.25, 0.3) is 11.1 Å². The van der Waals surface area contributed by atoms with Crippen LogP contribution in [-0.4, -0.2) is 27.4 Å². The lowest BCUT2D eigenvalue weighted by molar-refractivity contribution is 0.0612. The quantitative estimate of drug-likeness (QED) is 0.683. The molecule has 0 N–H and O–H groups in total. The maximum Gasteiger partial charge on any atom is 0.319 e. The number of hydrogen-bond donors (Lipinski definition) is 0. The lowest BCUT2D eigenvalue weighted by Gasteiger charge is -2.19. The van der Waals surface area contributed by atoms with Crippen molar-refractivity contribution in [2.45, 2.75) is 13.1 Å². The van der Waals surface area contributed by atoms with Crippen molar-refractivity contribution in [2.24, 2.45) is 0 Å². The zero-order valence-corrected chi connectivity index (χ0v) is 14.5. The molecule has 0 aliphatic heterocycles. The van der Waals surface area contributed by atoms with Crippen molar-refractivity contribution in [2.75, 3.05) is 7.05 Å². The van der Waals surface area contributed by atoms with Crippen molar-refractivity contribution in [3.05, 3.63) is 77.9 Å². The van der Waals surface area contributed by atoms with Crippen molar-refractivity contribution in [3.8, 4) is 17.2 Å². The monoisotopic (exact) mass is 366 g/mol. The fraction of sp³-hybridized carbons (Fsp3) is 0.150. The predicted molar refractivity (Wildman–Crippen MR) is 95.9 cm³/mol. The van der Waals surface area contributed by atoms with Gasteiger partial charge in [-0.1, -0.05) is 36.4 Å². The van der Waals surface area contributed by atoms with Gasteiger partial charge in [0.1, 0.15) is 5.82 Å². The number of carbonyl (C=O) groups is 1. The second-order valence-electron chi connectivity index (χ2n) is 5.89. The smallest absolute Gasteiger partial charge is 0.319 e. The first-order chi connectivity index (χ1) is 13.0. The van der Waals surface area contributed by atoms with Crippen molar-refractivity contribution in [1.82, 2.24) is 14.5 Å². The molecule has 7 heteroatoms. The number of alkyl halides is 2. The normalized spacial score (nSPS) is 10.6. The molecular formula is C20H16F2N4O.